The van der Waals surface area contributed by atoms with Crippen LogP contribution in [0.25, 0.3) is 0 Å². The third-order valence-corrected chi connectivity index (χ3v) is 5.85. The van der Waals surface area contributed by atoms with E-state index in [0.717, 1.165) is 25.5 Å². The first-order valence-corrected chi connectivity index (χ1v) is 10.2. The molecule has 0 spiro atoms. The Bertz CT molecular complexity index is 947. The Morgan fingerprint density at radius 1 is 1.21 bits per heavy atom. The fourth-order valence-corrected chi connectivity index (χ4v) is 4.16. The number of carbonyl (C=O) groups excluding carboxylic acids is 1. The van der Waals surface area contributed by atoms with Gasteiger partial charge in [-0.15, -0.1) is 12.4 Å². The van der Waals surface area contributed by atoms with Gasteiger partial charge in [-0.3, -0.25) is 9.52 Å². The highest BCUT2D eigenvalue weighted by atomic mass is 35.5. The van der Waals surface area contributed by atoms with Crippen molar-refractivity contribution in [2.24, 2.45) is 0 Å². The molecule has 1 heterocycles. The Kier molecular flexibility index (Phi) is 7.40. The molecule has 152 valence electrons. The van der Waals surface area contributed by atoms with Crippen LogP contribution >= 0.6 is 12.4 Å². The molecule has 0 bridgehead atoms. The molecule has 1 fully saturated rings. The van der Waals surface area contributed by atoms with Gasteiger partial charge in [-0.1, -0.05) is 12.1 Å². The van der Waals surface area contributed by atoms with Crippen LogP contribution < -0.4 is 15.4 Å². The first kappa shape index (κ1) is 22.1. The third-order valence-electron chi connectivity index (χ3n) is 4.49. The molecule has 0 aliphatic carbocycles. The quantitative estimate of drug-likeness (QED) is 0.684. The summed E-state index contributed by atoms with van der Waals surface area (Å²) in [6.45, 7) is 3.11. The average molecular weight is 428 g/mol. The van der Waals surface area contributed by atoms with E-state index in [4.69, 9.17) is 0 Å². The summed E-state index contributed by atoms with van der Waals surface area (Å²) in [5, 5.41) is 6.15. The molecular weight excluding hydrogens is 405 g/mol. The van der Waals surface area contributed by atoms with E-state index in [1.165, 1.54) is 25.1 Å². The fraction of sp³-hybridized carbons (Fsp3) is 0.316. The van der Waals surface area contributed by atoms with Crippen LogP contribution in [-0.4, -0.2) is 33.5 Å². The van der Waals surface area contributed by atoms with Gasteiger partial charge in [-0.05, 0) is 62.2 Å². The average Bonchev–Trinajstić information content (AvgIpc) is 2.65. The summed E-state index contributed by atoms with van der Waals surface area (Å²) < 4.78 is 41.2. The third kappa shape index (κ3) is 5.21. The van der Waals surface area contributed by atoms with Crippen molar-refractivity contribution < 1.29 is 17.6 Å². The van der Waals surface area contributed by atoms with Gasteiger partial charge in [-0.2, -0.15) is 0 Å². The molecular formula is C19H23ClFN3O3S. The van der Waals surface area contributed by atoms with E-state index < -0.39 is 15.8 Å². The van der Waals surface area contributed by atoms with Crippen LogP contribution in [0.5, 0.6) is 0 Å². The van der Waals surface area contributed by atoms with Crippen LogP contribution in [0.15, 0.2) is 47.4 Å². The van der Waals surface area contributed by atoms with Gasteiger partial charge in [0.1, 0.15) is 5.82 Å². The topological polar surface area (TPSA) is 87.3 Å². The molecule has 6 nitrogen and oxygen atoms in total. The second kappa shape index (κ2) is 9.36. The van der Waals surface area contributed by atoms with E-state index in [0.29, 0.717) is 6.54 Å². The number of piperidine rings is 1. The Balaban J connectivity index is 0.00000280. The Labute approximate surface area is 170 Å². The Hall–Kier alpha value is -2.16. The smallest absolute Gasteiger partial charge is 0.261 e. The number of amides is 1. The number of hydrogen-bond acceptors (Lipinski definition) is 4. The van der Waals surface area contributed by atoms with E-state index in [-0.39, 0.29) is 46.1 Å². The second-order valence-corrected chi connectivity index (χ2v) is 8.26. The minimum absolute atomic E-state index is 0. The zero-order valence-electron chi connectivity index (χ0n) is 15.4. The van der Waals surface area contributed by atoms with Gasteiger partial charge in [-0.25, -0.2) is 12.8 Å². The number of hydrogen-bond donors (Lipinski definition) is 3. The molecule has 1 aliphatic heterocycles. The van der Waals surface area contributed by atoms with Crippen molar-refractivity contribution >= 4 is 34.0 Å². The lowest BCUT2D eigenvalue weighted by Gasteiger charge is -2.24. The first-order chi connectivity index (χ1) is 12.9. The summed E-state index contributed by atoms with van der Waals surface area (Å²) >= 11 is 0. The highest BCUT2D eigenvalue weighted by Crippen LogP contribution is 2.22. The second-order valence-electron chi connectivity index (χ2n) is 6.58. The number of sulfonamides is 1. The van der Waals surface area contributed by atoms with Crippen molar-refractivity contribution in [1.29, 1.82) is 0 Å². The molecule has 0 aromatic heterocycles. The minimum Gasteiger partial charge on any atom is -0.348 e. The maximum atomic E-state index is 13.4. The van der Waals surface area contributed by atoms with E-state index in [2.05, 4.69) is 15.4 Å². The van der Waals surface area contributed by atoms with Crippen LogP contribution in [-0.2, 0) is 10.0 Å². The van der Waals surface area contributed by atoms with Crippen molar-refractivity contribution in [2.45, 2.75) is 30.7 Å². The van der Waals surface area contributed by atoms with Crippen LogP contribution in [0.3, 0.4) is 0 Å². The molecule has 1 aliphatic rings. The maximum absolute atomic E-state index is 13.4. The highest BCUT2D eigenvalue weighted by molar-refractivity contribution is 7.92. The number of aryl methyl sites for hydroxylation is 1. The maximum Gasteiger partial charge on any atom is 0.261 e. The fourth-order valence-electron chi connectivity index (χ4n) is 3.00. The highest BCUT2D eigenvalue weighted by Gasteiger charge is 2.21. The SMILES string of the molecule is Cc1cc(S(=O)(=O)Nc2ccccc2C(=O)N[C@H]2CCCNC2)ccc1F.Cl. The summed E-state index contributed by atoms with van der Waals surface area (Å²) in [4.78, 5) is 12.6. The largest absolute Gasteiger partial charge is 0.348 e. The van der Waals surface area contributed by atoms with Gasteiger partial charge < -0.3 is 10.6 Å². The molecule has 3 rings (SSSR count). The number of rotatable bonds is 5. The molecule has 1 saturated heterocycles. The van der Waals surface area contributed by atoms with E-state index in [1.807, 2.05) is 0 Å². The number of anilines is 1. The first-order valence-electron chi connectivity index (χ1n) is 8.76. The molecule has 1 atom stereocenters. The molecule has 3 N–H and O–H groups in total. The predicted molar refractivity (Wildman–Crippen MR) is 109 cm³/mol. The lowest BCUT2D eigenvalue weighted by Crippen LogP contribution is -2.45. The molecule has 0 unspecified atom stereocenters. The molecule has 1 amide bonds. The van der Waals surface area contributed by atoms with Crippen molar-refractivity contribution in [3.63, 3.8) is 0 Å². The number of carbonyl (C=O) groups is 1. The van der Waals surface area contributed by atoms with Gasteiger partial charge >= 0.3 is 0 Å². The van der Waals surface area contributed by atoms with Gasteiger partial charge in [0.15, 0.2) is 0 Å². The summed E-state index contributed by atoms with van der Waals surface area (Å²) in [6, 6.07) is 9.99. The zero-order chi connectivity index (χ0) is 19.4. The van der Waals surface area contributed by atoms with Crippen molar-refractivity contribution in [2.75, 3.05) is 17.8 Å². The molecule has 2 aromatic rings. The molecule has 2 aromatic carbocycles. The zero-order valence-corrected chi connectivity index (χ0v) is 17.0. The van der Waals surface area contributed by atoms with E-state index in [9.17, 15) is 17.6 Å². The Morgan fingerprint density at radius 3 is 2.64 bits per heavy atom. The lowest BCUT2D eigenvalue weighted by atomic mass is 10.1. The summed E-state index contributed by atoms with van der Waals surface area (Å²) in [7, 11) is -3.95. The van der Waals surface area contributed by atoms with E-state index in [1.54, 1.807) is 18.2 Å². The minimum atomic E-state index is -3.95. The predicted octanol–water partition coefficient (Wildman–Crippen LogP) is 2.84. The molecule has 28 heavy (non-hydrogen) atoms. The summed E-state index contributed by atoms with van der Waals surface area (Å²) in [5.74, 6) is -0.813. The van der Waals surface area contributed by atoms with Gasteiger partial charge in [0.2, 0.25) is 0 Å². The molecule has 0 saturated carbocycles. The van der Waals surface area contributed by atoms with Gasteiger partial charge in [0.25, 0.3) is 15.9 Å². The van der Waals surface area contributed by atoms with E-state index >= 15 is 0 Å². The van der Waals surface area contributed by atoms with Crippen molar-refractivity contribution in [1.82, 2.24) is 10.6 Å². The van der Waals surface area contributed by atoms with Crippen molar-refractivity contribution in [3.05, 3.63) is 59.4 Å². The summed E-state index contributed by atoms with van der Waals surface area (Å²) in [6.07, 6.45) is 1.85. The van der Waals surface area contributed by atoms with Gasteiger partial charge in [0.05, 0.1) is 16.1 Å². The Morgan fingerprint density at radius 2 is 1.96 bits per heavy atom. The summed E-state index contributed by atoms with van der Waals surface area (Å²) in [5.41, 5.74) is 0.653. The van der Waals surface area contributed by atoms with Crippen LogP contribution in [0.1, 0.15) is 28.8 Å². The van der Waals surface area contributed by atoms with Crippen LogP contribution in [0, 0.1) is 12.7 Å². The number of halogens is 2. The standard InChI is InChI=1S/C19H22FN3O3S.ClH/c1-13-11-15(8-9-17(13)20)27(25,26)23-18-7-3-2-6-16(18)19(24)22-14-5-4-10-21-12-14;/h2-3,6-9,11,14,21,23H,4-5,10,12H2,1H3,(H,22,24);1H/t14-;/m0./s1. The number of para-hydroxylation sites is 1. The number of nitrogens with one attached hydrogen (secondary N) is 3. The van der Waals surface area contributed by atoms with Crippen LogP contribution in [0.4, 0.5) is 10.1 Å². The normalized spacial score (nSPS) is 16.7. The molecule has 0 radical (unpaired) electrons. The monoisotopic (exact) mass is 427 g/mol. The molecule has 9 heteroatoms. The van der Waals surface area contributed by atoms with Crippen LogP contribution in [0.2, 0.25) is 0 Å². The van der Waals surface area contributed by atoms with Crippen molar-refractivity contribution in [3.8, 4) is 0 Å². The lowest BCUT2D eigenvalue weighted by molar-refractivity contribution is 0.0931. The number of benzene rings is 2. The van der Waals surface area contributed by atoms with Gasteiger partial charge in [0, 0.05) is 12.6 Å².